The first-order valence-corrected chi connectivity index (χ1v) is 4.84. The van der Waals surface area contributed by atoms with E-state index in [1.807, 2.05) is 6.92 Å². The number of carbonyl (C=O) groups is 1. The molecule has 0 radical (unpaired) electrons. The summed E-state index contributed by atoms with van der Waals surface area (Å²) in [6.07, 6.45) is 2.53. The van der Waals surface area contributed by atoms with Crippen molar-refractivity contribution < 1.29 is 9.53 Å². The number of nitrogens with two attached hydrogens (primary N) is 1. The molecule has 0 heterocycles. The zero-order valence-corrected chi connectivity index (χ0v) is 8.08. The van der Waals surface area contributed by atoms with Gasteiger partial charge in [0.2, 0.25) is 5.91 Å². The Labute approximate surface area is 78.8 Å². The molecule has 1 aliphatic carbocycles. The van der Waals surface area contributed by atoms with Crippen LogP contribution < -0.4 is 11.1 Å². The molecule has 1 atom stereocenters. The molecule has 13 heavy (non-hydrogen) atoms. The van der Waals surface area contributed by atoms with E-state index >= 15 is 0 Å². The standard InChI is InChI=1S/C9H18N2O2/c1-2-11-8(9(10)12)6-13-5-7-3-4-7/h7-8,11H,2-6H2,1H3,(H2,10,12). The maximum absolute atomic E-state index is 10.9. The maximum atomic E-state index is 10.9. The molecule has 0 aromatic rings. The third-order valence-electron chi connectivity index (χ3n) is 2.13. The number of nitrogens with one attached hydrogen (secondary N) is 1. The second kappa shape index (κ2) is 5.19. The lowest BCUT2D eigenvalue weighted by atomic mass is 10.3. The van der Waals surface area contributed by atoms with Gasteiger partial charge in [-0.1, -0.05) is 6.92 Å². The van der Waals surface area contributed by atoms with Crippen LogP contribution in [-0.2, 0) is 9.53 Å². The Morgan fingerprint density at radius 3 is 2.85 bits per heavy atom. The molecule has 0 aromatic carbocycles. The zero-order chi connectivity index (χ0) is 9.68. The van der Waals surface area contributed by atoms with E-state index in [1.54, 1.807) is 0 Å². The van der Waals surface area contributed by atoms with Gasteiger partial charge in [-0.05, 0) is 25.3 Å². The minimum atomic E-state index is -0.336. The van der Waals surface area contributed by atoms with Crippen LogP contribution in [0.4, 0.5) is 0 Å². The number of amides is 1. The first-order valence-electron chi connectivity index (χ1n) is 4.84. The molecule has 1 saturated carbocycles. The molecular weight excluding hydrogens is 168 g/mol. The number of primary amides is 1. The molecule has 4 nitrogen and oxygen atoms in total. The van der Waals surface area contributed by atoms with Gasteiger partial charge in [0.05, 0.1) is 6.61 Å². The summed E-state index contributed by atoms with van der Waals surface area (Å²) in [5, 5.41) is 2.98. The number of carbonyl (C=O) groups excluding carboxylic acids is 1. The molecular formula is C9H18N2O2. The van der Waals surface area contributed by atoms with Crippen LogP contribution in [0.15, 0.2) is 0 Å². The van der Waals surface area contributed by atoms with Crippen molar-refractivity contribution >= 4 is 5.91 Å². The summed E-state index contributed by atoms with van der Waals surface area (Å²) in [7, 11) is 0. The summed E-state index contributed by atoms with van der Waals surface area (Å²) in [4.78, 5) is 10.9. The summed E-state index contributed by atoms with van der Waals surface area (Å²) in [6.45, 7) is 3.85. The van der Waals surface area contributed by atoms with Crippen LogP contribution in [0.5, 0.6) is 0 Å². The topological polar surface area (TPSA) is 64.3 Å². The van der Waals surface area contributed by atoms with Crippen molar-refractivity contribution in [1.82, 2.24) is 5.32 Å². The second-order valence-electron chi connectivity index (χ2n) is 3.49. The number of ether oxygens (including phenoxy) is 1. The minimum absolute atomic E-state index is 0.330. The van der Waals surface area contributed by atoms with Gasteiger partial charge in [-0.2, -0.15) is 0 Å². The normalized spacial score (nSPS) is 18.5. The van der Waals surface area contributed by atoms with Crippen LogP contribution in [-0.4, -0.2) is 31.7 Å². The van der Waals surface area contributed by atoms with Gasteiger partial charge in [0, 0.05) is 6.61 Å². The van der Waals surface area contributed by atoms with Gasteiger partial charge in [0.15, 0.2) is 0 Å². The summed E-state index contributed by atoms with van der Waals surface area (Å²) >= 11 is 0. The Kier molecular flexibility index (Phi) is 4.18. The molecule has 1 aliphatic rings. The first-order chi connectivity index (χ1) is 6.24. The van der Waals surface area contributed by atoms with Crippen LogP contribution in [0.3, 0.4) is 0 Å². The van der Waals surface area contributed by atoms with Gasteiger partial charge >= 0.3 is 0 Å². The second-order valence-corrected chi connectivity index (χ2v) is 3.49. The molecule has 0 spiro atoms. The lowest BCUT2D eigenvalue weighted by Gasteiger charge is -2.13. The Hall–Kier alpha value is -0.610. The van der Waals surface area contributed by atoms with E-state index in [0.717, 1.165) is 19.1 Å². The Bertz CT molecular complexity index is 169. The van der Waals surface area contributed by atoms with Crippen LogP contribution in [0.2, 0.25) is 0 Å². The van der Waals surface area contributed by atoms with Crippen LogP contribution in [0, 0.1) is 5.92 Å². The van der Waals surface area contributed by atoms with Crippen molar-refractivity contribution in [2.75, 3.05) is 19.8 Å². The highest BCUT2D eigenvalue weighted by Gasteiger charge is 2.22. The van der Waals surface area contributed by atoms with E-state index in [4.69, 9.17) is 10.5 Å². The van der Waals surface area contributed by atoms with Gasteiger partial charge < -0.3 is 15.8 Å². The van der Waals surface area contributed by atoms with E-state index in [1.165, 1.54) is 12.8 Å². The van der Waals surface area contributed by atoms with Crippen molar-refractivity contribution in [2.24, 2.45) is 11.7 Å². The third kappa shape index (κ3) is 4.24. The molecule has 0 aromatic heterocycles. The number of rotatable bonds is 7. The molecule has 0 aliphatic heterocycles. The highest BCUT2D eigenvalue weighted by atomic mass is 16.5. The van der Waals surface area contributed by atoms with Crippen molar-refractivity contribution in [2.45, 2.75) is 25.8 Å². The fourth-order valence-corrected chi connectivity index (χ4v) is 1.13. The van der Waals surface area contributed by atoms with E-state index in [0.29, 0.717) is 6.61 Å². The fraction of sp³-hybridized carbons (Fsp3) is 0.889. The molecule has 4 heteroatoms. The quantitative estimate of drug-likeness (QED) is 0.582. The van der Waals surface area contributed by atoms with Crippen molar-refractivity contribution in [3.8, 4) is 0 Å². The highest BCUT2D eigenvalue weighted by Crippen LogP contribution is 2.28. The number of likely N-dealkylation sites (N-methyl/N-ethyl adjacent to an activating group) is 1. The summed E-state index contributed by atoms with van der Waals surface area (Å²) in [6, 6.07) is -0.330. The van der Waals surface area contributed by atoms with Gasteiger partial charge in [-0.15, -0.1) is 0 Å². The fourth-order valence-electron chi connectivity index (χ4n) is 1.13. The lowest BCUT2D eigenvalue weighted by Crippen LogP contribution is -2.44. The van der Waals surface area contributed by atoms with E-state index in [2.05, 4.69) is 5.32 Å². The summed E-state index contributed by atoms with van der Waals surface area (Å²) in [5.74, 6) is 0.396. The van der Waals surface area contributed by atoms with Gasteiger partial charge in [0.1, 0.15) is 6.04 Å². The lowest BCUT2D eigenvalue weighted by molar-refractivity contribution is -0.121. The Morgan fingerprint density at radius 2 is 2.38 bits per heavy atom. The molecule has 76 valence electrons. The van der Waals surface area contributed by atoms with Gasteiger partial charge in [-0.3, -0.25) is 4.79 Å². The smallest absolute Gasteiger partial charge is 0.236 e. The van der Waals surface area contributed by atoms with Crippen molar-refractivity contribution in [3.05, 3.63) is 0 Å². The van der Waals surface area contributed by atoms with E-state index in [9.17, 15) is 4.79 Å². The zero-order valence-electron chi connectivity index (χ0n) is 8.08. The number of hydrogen-bond acceptors (Lipinski definition) is 3. The minimum Gasteiger partial charge on any atom is -0.379 e. The van der Waals surface area contributed by atoms with Crippen LogP contribution in [0.25, 0.3) is 0 Å². The highest BCUT2D eigenvalue weighted by molar-refractivity contribution is 5.79. The molecule has 3 N–H and O–H groups in total. The molecule has 1 amide bonds. The monoisotopic (exact) mass is 186 g/mol. The summed E-state index contributed by atoms with van der Waals surface area (Å²) in [5.41, 5.74) is 5.17. The maximum Gasteiger partial charge on any atom is 0.236 e. The molecule has 1 rings (SSSR count). The molecule has 1 unspecified atom stereocenters. The number of hydrogen-bond donors (Lipinski definition) is 2. The SMILES string of the molecule is CCNC(COCC1CC1)C(N)=O. The third-order valence-corrected chi connectivity index (χ3v) is 2.13. The van der Waals surface area contributed by atoms with Crippen LogP contribution in [0.1, 0.15) is 19.8 Å². The molecule has 0 saturated heterocycles. The van der Waals surface area contributed by atoms with Crippen molar-refractivity contribution in [1.29, 1.82) is 0 Å². The van der Waals surface area contributed by atoms with E-state index < -0.39 is 0 Å². The average Bonchev–Trinajstić information content (AvgIpc) is 2.86. The molecule has 1 fully saturated rings. The Morgan fingerprint density at radius 1 is 1.69 bits per heavy atom. The largest absolute Gasteiger partial charge is 0.379 e. The van der Waals surface area contributed by atoms with Crippen LogP contribution >= 0.6 is 0 Å². The predicted molar refractivity (Wildman–Crippen MR) is 50.2 cm³/mol. The van der Waals surface area contributed by atoms with Gasteiger partial charge in [-0.25, -0.2) is 0 Å². The average molecular weight is 186 g/mol. The Balaban J connectivity index is 2.08. The van der Waals surface area contributed by atoms with E-state index in [-0.39, 0.29) is 11.9 Å². The predicted octanol–water partition coefficient (Wildman–Crippen LogP) is -0.124. The summed E-state index contributed by atoms with van der Waals surface area (Å²) < 4.78 is 5.37. The van der Waals surface area contributed by atoms with Gasteiger partial charge in [0.25, 0.3) is 0 Å². The first kappa shape index (κ1) is 10.5. The molecule has 0 bridgehead atoms. The van der Waals surface area contributed by atoms with Crippen molar-refractivity contribution in [3.63, 3.8) is 0 Å².